The molecule has 0 aliphatic carbocycles. The number of alkyl halides is 1. The van der Waals surface area contributed by atoms with E-state index in [4.69, 9.17) is 4.74 Å². The molecule has 3 saturated heterocycles. The number of piperidine rings is 1. The highest BCUT2D eigenvalue weighted by molar-refractivity contribution is 5.79. The smallest absolute Gasteiger partial charge is 0.410 e. The Morgan fingerprint density at radius 3 is 2.80 bits per heavy atom. The van der Waals surface area contributed by atoms with Gasteiger partial charge in [-0.1, -0.05) is 0 Å². The van der Waals surface area contributed by atoms with E-state index in [1.54, 1.807) is 4.90 Å². The first-order chi connectivity index (χ1) is 12.1. The van der Waals surface area contributed by atoms with Crippen molar-refractivity contribution in [2.75, 3.05) is 32.9 Å². The van der Waals surface area contributed by atoms with Crippen molar-refractivity contribution in [2.45, 2.75) is 50.6 Å². The predicted molar refractivity (Wildman–Crippen MR) is 89.5 cm³/mol. The van der Waals surface area contributed by atoms with Crippen molar-refractivity contribution in [2.24, 2.45) is 5.41 Å². The van der Waals surface area contributed by atoms with Crippen LogP contribution in [0.4, 0.5) is 9.18 Å². The van der Waals surface area contributed by atoms with E-state index in [0.29, 0.717) is 6.42 Å². The lowest BCUT2D eigenvalue weighted by Crippen LogP contribution is -2.47. The molecule has 4 aliphatic heterocycles. The number of carbonyl (C=O) groups is 2. The molecule has 7 heteroatoms. The Morgan fingerprint density at radius 2 is 2.16 bits per heavy atom. The van der Waals surface area contributed by atoms with Crippen LogP contribution in [0.3, 0.4) is 0 Å². The average Bonchev–Trinajstić information content (AvgIpc) is 3.10. The zero-order valence-electron chi connectivity index (χ0n) is 14.5. The lowest BCUT2D eigenvalue weighted by molar-refractivity contribution is -0.119. The summed E-state index contributed by atoms with van der Waals surface area (Å²) in [6.07, 6.45) is 7.36. The van der Waals surface area contributed by atoms with Crippen LogP contribution >= 0.6 is 0 Å². The van der Waals surface area contributed by atoms with Crippen molar-refractivity contribution in [1.82, 2.24) is 15.1 Å². The molecule has 3 fully saturated rings. The van der Waals surface area contributed by atoms with Gasteiger partial charge in [0.1, 0.15) is 13.3 Å². The molecule has 6 nitrogen and oxygen atoms in total. The molecule has 0 saturated carbocycles. The average molecular weight is 351 g/mol. The molecule has 2 bridgehead atoms. The third-order valence-electron chi connectivity index (χ3n) is 6.32. The molecule has 2 atom stereocenters. The van der Waals surface area contributed by atoms with Crippen molar-refractivity contribution in [3.05, 3.63) is 11.8 Å². The summed E-state index contributed by atoms with van der Waals surface area (Å²) >= 11 is 0. The number of nitrogens with one attached hydrogen (secondary N) is 1. The van der Waals surface area contributed by atoms with E-state index < -0.39 is 6.67 Å². The summed E-state index contributed by atoms with van der Waals surface area (Å²) in [6, 6.07) is 0.245. The van der Waals surface area contributed by atoms with E-state index in [9.17, 15) is 14.0 Å². The topological polar surface area (TPSA) is 61.9 Å². The number of hydrogen-bond acceptors (Lipinski definition) is 4. The Morgan fingerprint density at radius 1 is 1.36 bits per heavy atom. The van der Waals surface area contributed by atoms with E-state index in [1.165, 1.54) is 5.70 Å². The lowest BCUT2D eigenvalue weighted by atomic mass is 9.77. The molecule has 2 unspecified atom stereocenters. The largest absolute Gasteiger partial charge is 0.447 e. The summed E-state index contributed by atoms with van der Waals surface area (Å²) in [5, 5.41) is 2.98. The molecular formula is C18H26FN3O3. The van der Waals surface area contributed by atoms with Crippen LogP contribution in [0.15, 0.2) is 11.8 Å². The maximum Gasteiger partial charge on any atom is 0.410 e. The second-order valence-corrected chi connectivity index (χ2v) is 7.81. The van der Waals surface area contributed by atoms with Crippen LogP contribution < -0.4 is 5.32 Å². The molecule has 0 aromatic carbocycles. The van der Waals surface area contributed by atoms with Crippen molar-refractivity contribution < 1.29 is 18.7 Å². The number of halogens is 1. The molecule has 0 aromatic rings. The van der Waals surface area contributed by atoms with Crippen LogP contribution in [-0.4, -0.2) is 66.8 Å². The first-order valence-corrected chi connectivity index (χ1v) is 9.34. The first-order valence-electron chi connectivity index (χ1n) is 9.34. The van der Waals surface area contributed by atoms with Crippen molar-refractivity contribution >= 4 is 12.0 Å². The van der Waals surface area contributed by atoms with Crippen molar-refractivity contribution in [3.63, 3.8) is 0 Å². The van der Waals surface area contributed by atoms with Gasteiger partial charge in [-0.25, -0.2) is 9.18 Å². The minimum Gasteiger partial charge on any atom is -0.447 e. The molecule has 4 aliphatic rings. The van der Waals surface area contributed by atoms with E-state index in [0.717, 1.165) is 51.7 Å². The second kappa shape index (κ2) is 6.50. The number of nitrogens with zero attached hydrogens (tertiary/aromatic N) is 2. The fraction of sp³-hybridized carbons (Fsp3) is 0.778. The third-order valence-corrected chi connectivity index (χ3v) is 6.32. The van der Waals surface area contributed by atoms with Gasteiger partial charge in [0.05, 0.1) is 6.04 Å². The monoisotopic (exact) mass is 351 g/mol. The van der Waals surface area contributed by atoms with Gasteiger partial charge in [0.2, 0.25) is 5.91 Å². The minimum absolute atomic E-state index is 0.0754. The highest BCUT2D eigenvalue weighted by Gasteiger charge is 2.44. The van der Waals surface area contributed by atoms with E-state index in [2.05, 4.69) is 16.3 Å². The number of rotatable bonds is 3. The van der Waals surface area contributed by atoms with Gasteiger partial charge in [-0.05, 0) is 37.2 Å². The number of hydrogen-bond donors (Lipinski definition) is 1. The van der Waals surface area contributed by atoms with Gasteiger partial charge in [0.15, 0.2) is 0 Å². The number of fused-ring (bicyclic) bond motifs is 2. The summed E-state index contributed by atoms with van der Waals surface area (Å²) < 4.78 is 17.2. The number of carbonyl (C=O) groups excluding carboxylic acids is 2. The Labute approximate surface area is 147 Å². The highest BCUT2D eigenvalue weighted by atomic mass is 19.1. The zero-order valence-corrected chi connectivity index (χ0v) is 14.5. The summed E-state index contributed by atoms with van der Waals surface area (Å²) in [5.41, 5.74) is 1.48. The standard InChI is InChI=1S/C18H26FN3O3/c19-5-8-25-17(24)22-13-1-2-14(22)10-15(9-13)21-6-3-18(4-7-21)11-16(23)20-12-18/h9,13-14H,1-8,10-12H2,(H,20,23). The summed E-state index contributed by atoms with van der Waals surface area (Å²) in [6.45, 7) is 1.98. The fourth-order valence-corrected chi connectivity index (χ4v) is 4.90. The van der Waals surface area contributed by atoms with Gasteiger partial charge in [0.25, 0.3) is 0 Å². The van der Waals surface area contributed by atoms with Crippen LogP contribution in [0.1, 0.15) is 38.5 Å². The van der Waals surface area contributed by atoms with Gasteiger partial charge < -0.3 is 15.0 Å². The van der Waals surface area contributed by atoms with Crippen LogP contribution in [0, 0.1) is 5.41 Å². The summed E-state index contributed by atoms with van der Waals surface area (Å²) in [7, 11) is 0. The molecule has 4 heterocycles. The Kier molecular flexibility index (Phi) is 4.33. The first kappa shape index (κ1) is 16.7. The van der Waals surface area contributed by atoms with E-state index in [1.807, 2.05) is 0 Å². The molecular weight excluding hydrogens is 325 g/mol. The molecule has 1 N–H and O–H groups in total. The normalized spacial score (nSPS) is 30.4. The number of likely N-dealkylation sites (tertiary alicyclic amines) is 1. The highest BCUT2D eigenvalue weighted by Crippen LogP contribution is 2.41. The molecule has 4 rings (SSSR count). The van der Waals surface area contributed by atoms with Gasteiger partial charge >= 0.3 is 6.09 Å². The van der Waals surface area contributed by atoms with E-state index >= 15 is 0 Å². The molecule has 0 aromatic heterocycles. The Balaban J connectivity index is 1.39. The number of ether oxygens (including phenoxy) is 1. The van der Waals surface area contributed by atoms with Gasteiger partial charge in [-0.15, -0.1) is 0 Å². The molecule has 138 valence electrons. The van der Waals surface area contributed by atoms with E-state index in [-0.39, 0.29) is 36.1 Å². The SMILES string of the molecule is O=C1CC2(CCN(C3=CC4CCC(C3)N4C(=O)OCCF)CC2)CN1. The summed E-state index contributed by atoms with van der Waals surface area (Å²) in [5.74, 6) is 0.186. The third kappa shape index (κ3) is 3.09. The van der Waals surface area contributed by atoms with Gasteiger partial charge in [0, 0.05) is 44.2 Å². The maximum absolute atomic E-state index is 12.2. The Hall–Kier alpha value is -1.79. The fourth-order valence-electron chi connectivity index (χ4n) is 4.90. The minimum atomic E-state index is -0.636. The quantitative estimate of drug-likeness (QED) is 0.842. The van der Waals surface area contributed by atoms with Gasteiger partial charge in [-0.3, -0.25) is 9.69 Å². The second-order valence-electron chi connectivity index (χ2n) is 7.81. The Bertz CT molecular complexity index is 586. The van der Waals surface area contributed by atoms with Crippen molar-refractivity contribution in [1.29, 1.82) is 0 Å². The molecule has 1 spiro atoms. The molecule has 25 heavy (non-hydrogen) atoms. The predicted octanol–water partition coefficient (Wildman–Crippen LogP) is 1.82. The molecule has 0 radical (unpaired) electrons. The van der Waals surface area contributed by atoms with Crippen LogP contribution in [-0.2, 0) is 9.53 Å². The van der Waals surface area contributed by atoms with Crippen LogP contribution in [0.5, 0.6) is 0 Å². The number of amides is 2. The maximum atomic E-state index is 12.2. The van der Waals surface area contributed by atoms with Crippen LogP contribution in [0.2, 0.25) is 0 Å². The molecule has 2 amide bonds. The van der Waals surface area contributed by atoms with Gasteiger partial charge in [-0.2, -0.15) is 0 Å². The summed E-state index contributed by atoms with van der Waals surface area (Å²) in [4.78, 5) is 27.9. The zero-order chi connectivity index (χ0) is 17.4. The van der Waals surface area contributed by atoms with Crippen LogP contribution in [0.25, 0.3) is 0 Å². The van der Waals surface area contributed by atoms with Crippen molar-refractivity contribution in [3.8, 4) is 0 Å². The lowest BCUT2D eigenvalue weighted by Gasteiger charge is -2.43.